The minimum absolute atomic E-state index is 0.0948. The molecule has 0 heterocycles. The molecule has 1 aliphatic rings. The van der Waals surface area contributed by atoms with Crippen LogP contribution in [0.5, 0.6) is 0 Å². The van der Waals surface area contributed by atoms with E-state index in [1.54, 1.807) is 14.2 Å². The third-order valence-corrected chi connectivity index (χ3v) is 6.14. The summed E-state index contributed by atoms with van der Waals surface area (Å²) >= 11 is 0. The molecule has 4 nitrogen and oxygen atoms in total. The van der Waals surface area contributed by atoms with Gasteiger partial charge in [-0.1, -0.05) is 67.9 Å². The predicted molar refractivity (Wildman–Crippen MR) is 119 cm³/mol. The van der Waals surface area contributed by atoms with Gasteiger partial charge in [-0.3, -0.25) is 4.79 Å². The van der Waals surface area contributed by atoms with Crippen molar-refractivity contribution < 1.29 is 19.0 Å². The van der Waals surface area contributed by atoms with Gasteiger partial charge in [-0.15, -0.1) is 0 Å². The Morgan fingerprint density at radius 1 is 1.00 bits per heavy atom. The Kier molecular flexibility index (Phi) is 8.20. The molecule has 1 aliphatic carbocycles. The first-order valence-electron chi connectivity index (χ1n) is 11.0. The van der Waals surface area contributed by atoms with Gasteiger partial charge in [0.25, 0.3) is 0 Å². The summed E-state index contributed by atoms with van der Waals surface area (Å²) in [6.45, 7) is 2.78. The van der Waals surface area contributed by atoms with Crippen LogP contribution in [-0.2, 0) is 19.8 Å². The van der Waals surface area contributed by atoms with Crippen LogP contribution < -0.4 is 0 Å². The second kappa shape index (κ2) is 10.9. The summed E-state index contributed by atoms with van der Waals surface area (Å²) < 4.78 is 17.3. The predicted octanol–water partition coefficient (Wildman–Crippen LogP) is 5.74. The molecule has 0 amide bonds. The minimum atomic E-state index is -0.594. The van der Waals surface area contributed by atoms with Crippen molar-refractivity contribution in [2.45, 2.75) is 57.3 Å². The minimum Gasteiger partial charge on any atom is -0.365 e. The fourth-order valence-corrected chi connectivity index (χ4v) is 4.71. The molecule has 0 saturated carbocycles. The van der Waals surface area contributed by atoms with Gasteiger partial charge in [0, 0.05) is 38.7 Å². The average molecular weight is 411 g/mol. The molecule has 3 rings (SSSR count). The van der Waals surface area contributed by atoms with Crippen LogP contribution in [0.4, 0.5) is 0 Å². The van der Waals surface area contributed by atoms with Crippen LogP contribution in [0.3, 0.4) is 0 Å². The van der Waals surface area contributed by atoms with E-state index in [0.29, 0.717) is 13.0 Å². The van der Waals surface area contributed by atoms with E-state index in [1.807, 2.05) is 24.3 Å². The molecule has 0 N–H and O–H groups in total. The Balaban J connectivity index is 1.95. The fourth-order valence-electron chi connectivity index (χ4n) is 4.71. The highest BCUT2D eigenvalue weighted by Crippen LogP contribution is 2.49. The van der Waals surface area contributed by atoms with Gasteiger partial charge in [-0.2, -0.15) is 0 Å². The highest BCUT2D eigenvalue weighted by molar-refractivity contribution is 5.99. The molecular weight excluding hydrogens is 376 g/mol. The number of ether oxygens (including phenoxy) is 3. The maximum Gasteiger partial charge on any atom is 0.163 e. The van der Waals surface area contributed by atoms with E-state index in [0.717, 1.165) is 48.8 Å². The first kappa shape index (κ1) is 22.7. The van der Waals surface area contributed by atoms with Gasteiger partial charge in [-0.25, -0.2) is 0 Å². The molecule has 2 aromatic rings. The lowest BCUT2D eigenvalue weighted by Gasteiger charge is -2.45. The molecule has 4 heteroatoms. The summed E-state index contributed by atoms with van der Waals surface area (Å²) in [6.07, 6.45) is 5.00. The van der Waals surface area contributed by atoms with Crippen molar-refractivity contribution in [3.8, 4) is 0 Å². The zero-order valence-electron chi connectivity index (χ0n) is 18.4. The van der Waals surface area contributed by atoms with Crippen LogP contribution in [-0.4, -0.2) is 32.9 Å². The standard InChI is InChI=1S/C26H34O4/c1-4-18-30-26(20-12-6-5-7-13-20)21(14-8-11-17-25(28-2)29-3)19-24(27)22-15-9-10-16-23(22)26/h5-7,9-10,12-13,15-16,21,25H,4,8,11,14,17-19H2,1-3H3. The SMILES string of the molecule is CCCOC1(c2ccccc2)c2ccccc2C(=O)CC1CCCCC(OC)OC. The van der Waals surface area contributed by atoms with Crippen molar-refractivity contribution in [3.05, 3.63) is 71.3 Å². The fraction of sp³-hybridized carbons (Fsp3) is 0.500. The van der Waals surface area contributed by atoms with E-state index in [9.17, 15) is 4.79 Å². The van der Waals surface area contributed by atoms with Gasteiger partial charge >= 0.3 is 0 Å². The molecule has 2 unspecified atom stereocenters. The van der Waals surface area contributed by atoms with E-state index in [4.69, 9.17) is 14.2 Å². The quantitative estimate of drug-likeness (QED) is 0.350. The number of benzene rings is 2. The Hall–Kier alpha value is -2.01. The zero-order chi connectivity index (χ0) is 21.4. The van der Waals surface area contributed by atoms with Crippen LogP contribution in [0.25, 0.3) is 0 Å². The van der Waals surface area contributed by atoms with Crippen molar-refractivity contribution in [2.24, 2.45) is 5.92 Å². The van der Waals surface area contributed by atoms with E-state index in [2.05, 4.69) is 37.3 Å². The first-order chi connectivity index (χ1) is 14.7. The molecule has 0 radical (unpaired) electrons. The first-order valence-corrected chi connectivity index (χ1v) is 11.0. The molecule has 2 aromatic carbocycles. The van der Waals surface area contributed by atoms with Crippen LogP contribution in [0.15, 0.2) is 54.6 Å². The average Bonchev–Trinajstić information content (AvgIpc) is 2.80. The highest BCUT2D eigenvalue weighted by Gasteiger charge is 2.48. The highest BCUT2D eigenvalue weighted by atomic mass is 16.7. The van der Waals surface area contributed by atoms with Gasteiger partial charge in [0.15, 0.2) is 12.1 Å². The van der Waals surface area contributed by atoms with Gasteiger partial charge < -0.3 is 14.2 Å². The normalized spacial score (nSPS) is 21.1. The smallest absolute Gasteiger partial charge is 0.163 e. The third-order valence-electron chi connectivity index (χ3n) is 6.14. The van der Waals surface area contributed by atoms with Gasteiger partial charge in [0.05, 0.1) is 0 Å². The van der Waals surface area contributed by atoms with Crippen molar-refractivity contribution in [1.82, 2.24) is 0 Å². The monoisotopic (exact) mass is 410 g/mol. The van der Waals surface area contributed by atoms with Gasteiger partial charge in [0.2, 0.25) is 0 Å². The molecule has 2 atom stereocenters. The molecule has 30 heavy (non-hydrogen) atoms. The Morgan fingerprint density at radius 3 is 2.40 bits per heavy atom. The maximum atomic E-state index is 13.0. The van der Waals surface area contributed by atoms with Crippen LogP contribution >= 0.6 is 0 Å². The summed E-state index contributed by atoms with van der Waals surface area (Å²) in [4.78, 5) is 13.0. The lowest BCUT2D eigenvalue weighted by molar-refractivity contribution is -0.107. The van der Waals surface area contributed by atoms with Crippen LogP contribution in [0, 0.1) is 5.92 Å². The number of carbonyl (C=O) groups is 1. The van der Waals surface area contributed by atoms with Gasteiger partial charge in [0.1, 0.15) is 5.60 Å². The second-order valence-electron chi connectivity index (χ2n) is 8.01. The summed E-state index contributed by atoms with van der Waals surface area (Å²) in [6, 6.07) is 18.4. The second-order valence-corrected chi connectivity index (χ2v) is 8.01. The summed E-state index contributed by atoms with van der Waals surface area (Å²) in [7, 11) is 3.34. The Morgan fingerprint density at radius 2 is 1.70 bits per heavy atom. The molecule has 0 aliphatic heterocycles. The lowest BCUT2D eigenvalue weighted by Crippen LogP contribution is -2.45. The van der Waals surface area contributed by atoms with Crippen LogP contribution in [0.1, 0.15) is 66.9 Å². The van der Waals surface area contributed by atoms with Gasteiger partial charge in [-0.05, 0) is 36.8 Å². The van der Waals surface area contributed by atoms with E-state index in [1.165, 1.54) is 0 Å². The third kappa shape index (κ3) is 4.66. The number of unbranched alkanes of at least 4 members (excludes halogenated alkanes) is 1. The Bertz CT molecular complexity index is 800. The molecule has 0 saturated heterocycles. The summed E-state index contributed by atoms with van der Waals surface area (Å²) in [5, 5.41) is 0. The summed E-state index contributed by atoms with van der Waals surface area (Å²) in [5.41, 5.74) is 2.35. The van der Waals surface area contributed by atoms with Crippen molar-refractivity contribution >= 4 is 5.78 Å². The van der Waals surface area contributed by atoms with Crippen molar-refractivity contribution in [1.29, 1.82) is 0 Å². The number of hydrogen-bond donors (Lipinski definition) is 0. The van der Waals surface area contributed by atoms with E-state index >= 15 is 0 Å². The number of fused-ring (bicyclic) bond motifs is 1. The molecule has 162 valence electrons. The molecule has 0 fully saturated rings. The topological polar surface area (TPSA) is 44.8 Å². The molecule has 0 aromatic heterocycles. The maximum absolute atomic E-state index is 13.0. The molecule has 0 spiro atoms. The number of Topliss-reactive ketones (excluding diaryl/α,β-unsaturated/α-hetero) is 1. The number of methoxy groups -OCH3 is 2. The van der Waals surface area contributed by atoms with E-state index < -0.39 is 5.60 Å². The molecule has 0 bridgehead atoms. The number of ketones is 1. The lowest BCUT2D eigenvalue weighted by atomic mass is 9.66. The van der Waals surface area contributed by atoms with Crippen molar-refractivity contribution in [2.75, 3.05) is 20.8 Å². The van der Waals surface area contributed by atoms with E-state index in [-0.39, 0.29) is 18.0 Å². The number of carbonyl (C=O) groups excluding carboxylic acids is 1. The Labute approximate surface area is 180 Å². The molecular formula is C26H34O4. The number of rotatable bonds is 11. The van der Waals surface area contributed by atoms with Crippen LogP contribution in [0.2, 0.25) is 0 Å². The van der Waals surface area contributed by atoms with Crippen molar-refractivity contribution in [3.63, 3.8) is 0 Å². The summed E-state index contributed by atoms with van der Waals surface area (Å²) in [5.74, 6) is 0.311. The number of hydrogen-bond acceptors (Lipinski definition) is 4. The largest absolute Gasteiger partial charge is 0.365 e. The zero-order valence-corrected chi connectivity index (χ0v) is 18.4.